The maximum absolute atomic E-state index is 13.7. The first-order chi connectivity index (χ1) is 11.9. The lowest BCUT2D eigenvalue weighted by Gasteiger charge is -2.64. The van der Waals surface area contributed by atoms with Crippen LogP contribution in [0, 0.1) is 39.4 Å². The molecule has 0 amide bonds. The number of rotatable bonds is 0. The number of Topliss-reactive ketones (excluding diaryl/α,β-unsaturated/α-hetero) is 1. The molecule has 5 aliphatic rings. The molecule has 1 heterocycles. The molecule has 4 aliphatic carbocycles. The molecule has 0 unspecified atom stereocenters. The molecule has 5 heteroatoms. The van der Waals surface area contributed by atoms with Crippen molar-refractivity contribution in [2.75, 3.05) is 6.61 Å². The summed E-state index contributed by atoms with van der Waals surface area (Å²) in [5, 5.41) is 34.3. The maximum atomic E-state index is 13.7. The molecule has 3 N–H and O–H groups in total. The molecule has 5 nitrogen and oxygen atoms in total. The maximum Gasteiger partial charge on any atom is 0.170 e. The van der Waals surface area contributed by atoms with Gasteiger partial charge in [-0.1, -0.05) is 34.1 Å². The van der Waals surface area contributed by atoms with Crippen molar-refractivity contribution in [1.82, 2.24) is 0 Å². The van der Waals surface area contributed by atoms with Crippen LogP contribution in [0.3, 0.4) is 0 Å². The first-order valence-electron chi connectivity index (χ1n) is 10.2. The molecule has 146 valence electrons. The second-order valence-corrected chi connectivity index (χ2v) is 11.2. The van der Waals surface area contributed by atoms with E-state index in [2.05, 4.69) is 13.8 Å². The van der Waals surface area contributed by atoms with Gasteiger partial charge in [0, 0.05) is 29.1 Å². The number of aliphatic hydroxyl groups is 3. The van der Waals surface area contributed by atoms with Crippen molar-refractivity contribution in [3.63, 3.8) is 0 Å². The van der Waals surface area contributed by atoms with Gasteiger partial charge in [-0.05, 0) is 30.6 Å². The lowest BCUT2D eigenvalue weighted by molar-refractivity contribution is -0.295. The van der Waals surface area contributed by atoms with E-state index in [0.29, 0.717) is 13.0 Å². The van der Waals surface area contributed by atoms with Crippen LogP contribution < -0.4 is 0 Å². The van der Waals surface area contributed by atoms with E-state index in [1.807, 2.05) is 13.8 Å². The molecular formula is C21H32O5. The zero-order valence-electron chi connectivity index (χ0n) is 16.3. The van der Waals surface area contributed by atoms with Gasteiger partial charge < -0.3 is 20.1 Å². The van der Waals surface area contributed by atoms with E-state index in [0.717, 1.165) is 19.3 Å². The predicted molar refractivity (Wildman–Crippen MR) is 93.9 cm³/mol. The Morgan fingerprint density at radius 1 is 1.12 bits per heavy atom. The number of fused-ring (bicyclic) bond motifs is 1. The highest BCUT2D eigenvalue weighted by atomic mass is 16.6. The van der Waals surface area contributed by atoms with Gasteiger partial charge in [0.25, 0.3) is 0 Å². The number of carbonyl (C=O) groups is 1. The van der Waals surface area contributed by atoms with Crippen molar-refractivity contribution in [2.24, 2.45) is 39.4 Å². The first-order valence-corrected chi connectivity index (χ1v) is 10.2. The Morgan fingerprint density at radius 3 is 2.50 bits per heavy atom. The van der Waals surface area contributed by atoms with Crippen molar-refractivity contribution in [3.8, 4) is 0 Å². The van der Waals surface area contributed by atoms with Crippen LogP contribution in [0.15, 0.2) is 0 Å². The highest BCUT2D eigenvalue weighted by molar-refractivity contribution is 5.95. The average Bonchev–Trinajstić information content (AvgIpc) is 2.88. The minimum Gasteiger partial charge on any atom is -0.392 e. The van der Waals surface area contributed by atoms with E-state index < -0.39 is 34.7 Å². The van der Waals surface area contributed by atoms with Crippen LogP contribution in [0.2, 0.25) is 0 Å². The summed E-state index contributed by atoms with van der Waals surface area (Å²) in [6, 6.07) is 0. The smallest absolute Gasteiger partial charge is 0.170 e. The average molecular weight is 364 g/mol. The van der Waals surface area contributed by atoms with Gasteiger partial charge in [0.1, 0.15) is 0 Å². The minimum atomic E-state index is -1.42. The third-order valence-electron chi connectivity index (χ3n) is 9.49. The predicted octanol–water partition coefficient (Wildman–Crippen LogP) is 1.87. The van der Waals surface area contributed by atoms with E-state index in [-0.39, 0.29) is 34.9 Å². The summed E-state index contributed by atoms with van der Waals surface area (Å²) in [6.07, 6.45) is 1.96. The summed E-state index contributed by atoms with van der Waals surface area (Å²) in [5.41, 5.74) is -2.37. The van der Waals surface area contributed by atoms with Crippen LogP contribution in [0.4, 0.5) is 0 Å². The molecule has 2 bridgehead atoms. The van der Waals surface area contributed by atoms with Gasteiger partial charge in [-0.2, -0.15) is 0 Å². The molecule has 8 atom stereocenters. The molecule has 5 fully saturated rings. The Balaban J connectivity index is 1.78. The molecule has 26 heavy (non-hydrogen) atoms. The third kappa shape index (κ3) is 1.56. The molecule has 0 radical (unpaired) electrons. The third-order valence-corrected chi connectivity index (χ3v) is 9.49. The Kier molecular flexibility index (Phi) is 3.09. The van der Waals surface area contributed by atoms with Crippen molar-refractivity contribution < 1.29 is 24.9 Å². The summed E-state index contributed by atoms with van der Waals surface area (Å²) in [6.45, 7) is 8.63. The van der Waals surface area contributed by atoms with Gasteiger partial charge in [-0.15, -0.1) is 0 Å². The SMILES string of the molecule is CC1(C)CCC[C@]23CO[C@]4(O)C[C@@H]5[C@@H](O)[C@](C(=O)C5(C)C)([C@H](O)C[C@H]12)[C@H]34. The molecule has 0 aromatic rings. The molecule has 5 rings (SSSR count). The Bertz CT molecular complexity index is 686. The zero-order chi connectivity index (χ0) is 18.9. The lowest BCUT2D eigenvalue weighted by Crippen LogP contribution is -2.71. The van der Waals surface area contributed by atoms with E-state index in [9.17, 15) is 20.1 Å². The summed E-state index contributed by atoms with van der Waals surface area (Å²) < 4.78 is 6.11. The number of ketones is 1. The Labute approximate surface area is 155 Å². The summed E-state index contributed by atoms with van der Waals surface area (Å²) in [7, 11) is 0. The molecule has 4 saturated carbocycles. The summed E-state index contributed by atoms with van der Waals surface area (Å²) in [4.78, 5) is 13.7. The molecule has 1 saturated heterocycles. The zero-order valence-corrected chi connectivity index (χ0v) is 16.3. The van der Waals surface area contributed by atoms with E-state index in [1.165, 1.54) is 0 Å². The van der Waals surface area contributed by atoms with Crippen LogP contribution in [0.1, 0.15) is 59.8 Å². The fourth-order valence-electron chi connectivity index (χ4n) is 8.50. The second-order valence-electron chi connectivity index (χ2n) is 11.2. The molecule has 0 aromatic carbocycles. The summed E-state index contributed by atoms with van der Waals surface area (Å²) in [5.74, 6) is -2.20. The number of ether oxygens (including phenoxy) is 1. The van der Waals surface area contributed by atoms with Crippen LogP contribution in [-0.2, 0) is 9.53 Å². The largest absolute Gasteiger partial charge is 0.392 e. The minimum absolute atomic E-state index is 0.0222. The fourth-order valence-corrected chi connectivity index (χ4v) is 8.50. The molecule has 2 spiro atoms. The topological polar surface area (TPSA) is 87.0 Å². The monoisotopic (exact) mass is 364 g/mol. The number of carbonyl (C=O) groups excluding carboxylic acids is 1. The van der Waals surface area contributed by atoms with Crippen molar-refractivity contribution >= 4 is 5.78 Å². The van der Waals surface area contributed by atoms with Crippen LogP contribution in [0.5, 0.6) is 0 Å². The number of hydrogen-bond donors (Lipinski definition) is 3. The standard InChI is InChI=1S/C21H32O5/c1-17(2)6-5-7-19-10-26-20(25)9-11-14(23)21(15(19)20,13(22)8-12(17)19)16(24)18(11,3)4/h11-15,22-23,25H,5-10H2,1-4H3/t11-,12-,13-,14-,15-,19+,20-,21-/m1/s1. The Morgan fingerprint density at radius 2 is 1.81 bits per heavy atom. The highest BCUT2D eigenvalue weighted by Gasteiger charge is 2.84. The van der Waals surface area contributed by atoms with Crippen LogP contribution in [0.25, 0.3) is 0 Å². The van der Waals surface area contributed by atoms with Gasteiger partial charge in [0.05, 0.1) is 24.2 Å². The van der Waals surface area contributed by atoms with Gasteiger partial charge in [-0.25, -0.2) is 0 Å². The van der Waals surface area contributed by atoms with Gasteiger partial charge in [0.2, 0.25) is 0 Å². The van der Waals surface area contributed by atoms with Gasteiger partial charge in [0.15, 0.2) is 11.6 Å². The van der Waals surface area contributed by atoms with Crippen LogP contribution >= 0.6 is 0 Å². The van der Waals surface area contributed by atoms with Crippen molar-refractivity contribution in [1.29, 1.82) is 0 Å². The molecular weight excluding hydrogens is 332 g/mol. The number of hydrogen-bond acceptors (Lipinski definition) is 5. The highest BCUT2D eigenvalue weighted by Crippen LogP contribution is 2.77. The van der Waals surface area contributed by atoms with Crippen molar-refractivity contribution in [2.45, 2.75) is 77.8 Å². The second kappa shape index (κ2) is 4.56. The first kappa shape index (κ1) is 17.6. The van der Waals surface area contributed by atoms with E-state index in [1.54, 1.807) is 0 Å². The molecule has 0 aromatic heterocycles. The van der Waals surface area contributed by atoms with E-state index >= 15 is 0 Å². The summed E-state index contributed by atoms with van der Waals surface area (Å²) >= 11 is 0. The van der Waals surface area contributed by atoms with E-state index in [4.69, 9.17) is 4.74 Å². The van der Waals surface area contributed by atoms with Gasteiger partial charge >= 0.3 is 0 Å². The van der Waals surface area contributed by atoms with Crippen LogP contribution in [-0.4, -0.2) is 45.7 Å². The fraction of sp³-hybridized carbons (Fsp3) is 0.952. The van der Waals surface area contributed by atoms with Gasteiger partial charge in [-0.3, -0.25) is 4.79 Å². The number of aliphatic hydroxyl groups excluding tert-OH is 2. The normalized spacial score (nSPS) is 59.0. The van der Waals surface area contributed by atoms with Crippen molar-refractivity contribution in [3.05, 3.63) is 0 Å². The Hall–Kier alpha value is -0.490. The quantitative estimate of drug-likeness (QED) is 0.611. The lowest BCUT2D eigenvalue weighted by atomic mass is 9.39. The molecule has 1 aliphatic heterocycles.